The first-order valence-electron chi connectivity index (χ1n) is 19.8. The number of nitrogens with one attached hydrogen (secondary N) is 8. The van der Waals surface area contributed by atoms with Gasteiger partial charge in [-0.05, 0) is 43.6 Å². The number of carboxylic acid groups (broad SMARTS) is 3. The molecule has 9 amide bonds. The number of carboxylic acids is 3. The lowest BCUT2D eigenvalue weighted by Gasteiger charge is -2.27. The predicted octanol–water partition coefficient (Wildman–Crippen LogP) is -6.17. The van der Waals surface area contributed by atoms with Crippen LogP contribution in [0.5, 0.6) is 0 Å². The van der Waals surface area contributed by atoms with Gasteiger partial charge >= 0.3 is 17.9 Å². The fraction of sp³-hybridized carbons (Fsp3) is 0.667. The van der Waals surface area contributed by atoms with Crippen LogP contribution < -0.4 is 48.3 Å². The number of aliphatic hydroxyl groups is 1. The lowest BCUT2D eigenvalue weighted by Crippen LogP contribution is -2.57. The number of thioether (sulfide) groups is 1. The molecule has 1 aliphatic heterocycles. The van der Waals surface area contributed by atoms with Crippen molar-refractivity contribution < 1.29 is 78.0 Å². The van der Waals surface area contributed by atoms with Gasteiger partial charge in [-0.15, -0.1) is 0 Å². The number of nitrogens with zero attached hydrogens (tertiary/aromatic N) is 1. The molecule has 360 valence electrons. The summed E-state index contributed by atoms with van der Waals surface area (Å²) in [6.07, 6.45) is 0.599. The summed E-state index contributed by atoms with van der Waals surface area (Å²) in [6, 6.07) is -9.58. The van der Waals surface area contributed by atoms with E-state index in [0.717, 1.165) is 0 Å². The molecule has 0 aromatic carbocycles. The molecular weight excluding hydrogens is 893 g/mol. The average Bonchev–Trinajstić information content (AvgIpc) is 3.74. The standard InChI is InChI=1S/C36H58N10O16S2/c1-17(2)29(36(61)62)45-33(58)20(8-10-64-3)43-35(60)23-5-4-9-46(23)26(50)14-38-24(48)12-39-32(57)22(15-47)44-34(59)21(11-28(53)54)41-25(49)13-40-31(56)19(6-7-27(51)52)42-30(55)18(37)16-63/h17-23,29,47,63H,4-16,37H2,1-3H3,(H,38,48)(H,39,57)(H,40,56)(H,41,49)(H,42,55)(H,43,60)(H,44,59)(H,45,58)(H,51,52)(H,53,54)(H,61,62)/t18-,19-,20-,21-,22-,23-,29-/m0/s1. The van der Waals surface area contributed by atoms with Crippen molar-refractivity contribution >= 4 is 95.5 Å². The Labute approximate surface area is 376 Å². The SMILES string of the molecule is CSCC[C@H](NC(=O)[C@@H]1CCCN1C(=O)CNC(=O)CNC(=O)[C@H](CO)NC(=O)[C@H](CC(=O)O)NC(=O)CNC(=O)[C@H](CCC(=O)O)NC(=O)[C@@H](N)CS)C(=O)N[C@H](C(=O)O)C(C)C. The van der Waals surface area contributed by atoms with Gasteiger partial charge in [-0.3, -0.25) is 52.7 Å². The third-order valence-electron chi connectivity index (χ3n) is 9.29. The molecule has 26 nitrogen and oxygen atoms in total. The van der Waals surface area contributed by atoms with Gasteiger partial charge in [0.15, 0.2) is 0 Å². The molecule has 0 bridgehead atoms. The van der Waals surface area contributed by atoms with Gasteiger partial charge in [-0.1, -0.05) is 13.8 Å². The minimum absolute atomic E-state index is 0.110. The van der Waals surface area contributed by atoms with Crippen LogP contribution in [0, 0.1) is 5.92 Å². The zero-order chi connectivity index (χ0) is 48.7. The molecule has 7 atom stereocenters. The van der Waals surface area contributed by atoms with Gasteiger partial charge in [0.2, 0.25) is 53.2 Å². The van der Waals surface area contributed by atoms with Gasteiger partial charge in [0.05, 0.1) is 38.7 Å². The van der Waals surface area contributed by atoms with Crippen LogP contribution in [0.4, 0.5) is 0 Å². The van der Waals surface area contributed by atoms with E-state index in [0.29, 0.717) is 12.2 Å². The second kappa shape index (κ2) is 28.8. The first-order valence-corrected chi connectivity index (χ1v) is 21.8. The number of nitrogens with two attached hydrogens (primary N) is 1. The van der Waals surface area contributed by atoms with Crippen molar-refractivity contribution in [3.05, 3.63) is 0 Å². The van der Waals surface area contributed by atoms with Gasteiger partial charge in [0.25, 0.3) is 0 Å². The van der Waals surface area contributed by atoms with E-state index in [1.165, 1.54) is 16.7 Å². The molecule has 1 rings (SSSR count). The normalized spacial score (nSPS) is 16.0. The number of hydrogen-bond acceptors (Lipinski definition) is 16. The molecule has 0 spiro atoms. The van der Waals surface area contributed by atoms with Gasteiger partial charge in [-0.2, -0.15) is 24.4 Å². The molecule has 0 aliphatic carbocycles. The Balaban J connectivity index is 2.80. The molecular formula is C36H58N10O16S2. The highest BCUT2D eigenvalue weighted by Crippen LogP contribution is 2.18. The number of likely N-dealkylation sites (tertiary alicyclic amines) is 1. The Kier molecular flexibility index (Phi) is 25.4. The summed E-state index contributed by atoms with van der Waals surface area (Å²) < 4.78 is 0. The molecule has 28 heteroatoms. The number of carbonyl (C=O) groups is 12. The Hall–Kier alpha value is -5.74. The van der Waals surface area contributed by atoms with Crippen molar-refractivity contribution in [3.63, 3.8) is 0 Å². The van der Waals surface area contributed by atoms with Gasteiger partial charge in [-0.25, -0.2) is 4.79 Å². The number of hydrogen-bond donors (Lipinski definition) is 14. The second-order valence-corrected chi connectivity index (χ2v) is 16.0. The first-order chi connectivity index (χ1) is 30.1. The van der Waals surface area contributed by atoms with Crippen LogP contribution in [0.25, 0.3) is 0 Å². The Morgan fingerprint density at radius 1 is 0.703 bits per heavy atom. The molecule has 1 heterocycles. The summed E-state index contributed by atoms with van der Waals surface area (Å²) in [7, 11) is 0. The molecule has 0 radical (unpaired) electrons. The summed E-state index contributed by atoms with van der Waals surface area (Å²) in [4.78, 5) is 151. The van der Waals surface area contributed by atoms with E-state index in [2.05, 4.69) is 44.5 Å². The molecule has 14 N–H and O–H groups in total. The van der Waals surface area contributed by atoms with Crippen molar-refractivity contribution in [1.82, 2.24) is 47.4 Å². The molecule has 0 aromatic rings. The zero-order valence-corrected chi connectivity index (χ0v) is 37.1. The van der Waals surface area contributed by atoms with E-state index >= 15 is 0 Å². The molecule has 0 unspecified atom stereocenters. The fourth-order valence-electron chi connectivity index (χ4n) is 5.79. The average molecular weight is 951 g/mol. The minimum Gasteiger partial charge on any atom is -0.481 e. The maximum absolute atomic E-state index is 13.3. The summed E-state index contributed by atoms with van der Waals surface area (Å²) in [5.74, 6) is -12.6. The van der Waals surface area contributed by atoms with Crippen LogP contribution in [-0.2, 0) is 57.5 Å². The lowest BCUT2D eigenvalue weighted by atomic mass is 10.0. The number of amides is 9. The van der Waals surface area contributed by atoms with E-state index in [4.69, 9.17) is 10.8 Å². The number of carbonyl (C=O) groups excluding carboxylic acids is 9. The van der Waals surface area contributed by atoms with Crippen LogP contribution in [0.15, 0.2) is 0 Å². The van der Waals surface area contributed by atoms with E-state index in [1.807, 2.05) is 10.6 Å². The monoisotopic (exact) mass is 950 g/mol. The Morgan fingerprint density at radius 2 is 1.28 bits per heavy atom. The van der Waals surface area contributed by atoms with Crippen molar-refractivity contribution in [2.75, 3.05) is 50.5 Å². The number of thiol groups is 1. The highest BCUT2D eigenvalue weighted by atomic mass is 32.2. The summed E-state index contributed by atoms with van der Waals surface area (Å²) in [5, 5.41) is 55.4. The van der Waals surface area contributed by atoms with Crippen LogP contribution >= 0.6 is 24.4 Å². The van der Waals surface area contributed by atoms with Gasteiger partial charge < -0.3 is 73.6 Å². The van der Waals surface area contributed by atoms with Gasteiger partial charge in [0, 0.05) is 18.7 Å². The van der Waals surface area contributed by atoms with Crippen LogP contribution in [0.3, 0.4) is 0 Å². The van der Waals surface area contributed by atoms with Gasteiger partial charge in [0.1, 0.15) is 36.3 Å². The third-order valence-corrected chi connectivity index (χ3v) is 10.3. The molecule has 0 saturated carbocycles. The molecule has 0 aromatic heterocycles. The third kappa shape index (κ3) is 20.2. The number of rotatable bonds is 29. The Morgan fingerprint density at radius 3 is 1.83 bits per heavy atom. The van der Waals surface area contributed by atoms with E-state index in [-0.39, 0.29) is 25.1 Å². The number of aliphatic carboxylic acids is 3. The summed E-state index contributed by atoms with van der Waals surface area (Å²) >= 11 is 5.27. The maximum Gasteiger partial charge on any atom is 0.326 e. The molecule has 64 heavy (non-hydrogen) atoms. The molecule has 1 saturated heterocycles. The van der Waals surface area contributed by atoms with Crippen molar-refractivity contribution in [1.29, 1.82) is 0 Å². The van der Waals surface area contributed by atoms with Crippen LogP contribution in [-0.4, -0.2) is 189 Å². The largest absolute Gasteiger partial charge is 0.481 e. The van der Waals surface area contributed by atoms with Crippen LogP contribution in [0.2, 0.25) is 0 Å². The maximum atomic E-state index is 13.3. The first kappa shape index (κ1) is 56.3. The van der Waals surface area contributed by atoms with E-state index < -0.39 is 165 Å². The van der Waals surface area contributed by atoms with Crippen molar-refractivity contribution in [2.24, 2.45) is 11.7 Å². The highest BCUT2D eigenvalue weighted by molar-refractivity contribution is 7.98. The minimum atomic E-state index is -1.88. The van der Waals surface area contributed by atoms with Crippen LogP contribution in [0.1, 0.15) is 52.4 Å². The van der Waals surface area contributed by atoms with Crippen molar-refractivity contribution in [2.45, 2.75) is 94.7 Å². The fourth-order valence-corrected chi connectivity index (χ4v) is 6.43. The molecule has 1 aliphatic rings. The zero-order valence-electron chi connectivity index (χ0n) is 35.4. The molecule has 1 fully saturated rings. The van der Waals surface area contributed by atoms with E-state index in [9.17, 15) is 72.9 Å². The smallest absolute Gasteiger partial charge is 0.326 e. The summed E-state index contributed by atoms with van der Waals surface area (Å²) in [5.41, 5.74) is 5.57. The quantitative estimate of drug-likeness (QED) is 0.0310. The van der Waals surface area contributed by atoms with E-state index in [1.54, 1.807) is 20.1 Å². The Bertz CT molecular complexity index is 1720. The predicted molar refractivity (Wildman–Crippen MR) is 227 cm³/mol. The second-order valence-electron chi connectivity index (χ2n) is 14.6. The highest BCUT2D eigenvalue weighted by Gasteiger charge is 2.37. The topological polar surface area (TPSA) is 411 Å². The lowest BCUT2D eigenvalue weighted by molar-refractivity contribution is -0.144. The summed E-state index contributed by atoms with van der Waals surface area (Å²) in [6.45, 7) is -0.0106. The number of aliphatic hydroxyl groups excluding tert-OH is 1. The van der Waals surface area contributed by atoms with Crippen molar-refractivity contribution in [3.8, 4) is 0 Å².